The van der Waals surface area contributed by atoms with Crippen LogP contribution in [0.5, 0.6) is 0 Å². The third kappa shape index (κ3) is 2.94. The van der Waals surface area contributed by atoms with E-state index in [1.54, 1.807) is 0 Å². The Hall–Kier alpha value is 0.570. The van der Waals surface area contributed by atoms with E-state index in [1.165, 1.54) is 11.3 Å². The third-order valence-corrected chi connectivity index (χ3v) is 7.76. The Balaban J connectivity index is 2.17. The van der Waals surface area contributed by atoms with Gasteiger partial charge in [-0.25, -0.2) is 0 Å². The van der Waals surface area contributed by atoms with Crippen LogP contribution < -0.4 is 0 Å². The minimum atomic E-state index is 0.112. The highest BCUT2D eigenvalue weighted by Crippen LogP contribution is 2.41. The van der Waals surface area contributed by atoms with E-state index >= 15 is 0 Å². The lowest BCUT2D eigenvalue weighted by Crippen LogP contribution is -2.47. The first-order valence-electron chi connectivity index (χ1n) is 5.12. The molecule has 94 valence electrons. The topological polar surface area (TPSA) is 23.6 Å². The Labute approximate surface area is 130 Å². The van der Waals surface area contributed by atoms with Crippen molar-refractivity contribution < 1.29 is 4.79 Å². The zero-order valence-electron chi connectivity index (χ0n) is 9.17. The molecule has 7 heteroatoms. The third-order valence-electron chi connectivity index (χ3n) is 2.74. The van der Waals surface area contributed by atoms with Gasteiger partial charge >= 0.3 is 0 Å². The average Bonchev–Trinajstić information content (AvgIpc) is 2.57. The standard InChI is InChI=1S/C10H11Br3N2OS/c1-14-2-4-15(5-3-14)10(16)8-6(11)7(12)9(13)17-8/h2-5H2,1H3. The Morgan fingerprint density at radius 2 is 1.71 bits per heavy atom. The Bertz CT molecular complexity index is 441. The zero-order chi connectivity index (χ0) is 12.6. The first kappa shape index (κ1) is 14.0. The summed E-state index contributed by atoms with van der Waals surface area (Å²) in [6.45, 7) is 3.48. The largest absolute Gasteiger partial charge is 0.335 e. The molecule has 1 saturated heterocycles. The summed E-state index contributed by atoms with van der Waals surface area (Å²) in [6, 6.07) is 0. The zero-order valence-corrected chi connectivity index (χ0v) is 14.7. The average molecular weight is 447 g/mol. The minimum absolute atomic E-state index is 0.112. The SMILES string of the molecule is CN1CCN(C(=O)c2sc(Br)c(Br)c2Br)CC1. The summed E-state index contributed by atoms with van der Waals surface area (Å²) >= 11 is 11.8. The van der Waals surface area contributed by atoms with E-state index in [9.17, 15) is 4.79 Å². The lowest BCUT2D eigenvalue weighted by molar-refractivity contribution is 0.0668. The molecule has 0 aromatic carbocycles. The molecule has 1 fully saturated rings. The van der Waals surface area contributed by atoms with Gasteiger partial charge in [0.25, 0.3) is 5.91 Å². The van der Waals surface area contributed by atoms with Gasteiger partial charge in [-0.3, -0.25) is 4.79 Å². The predicted octanol–water partition coefficient (Wildman–Crippen LogP) is 3.42. The monoisotopic (exact) mass is 444 g/mol. The number of hydrogen-bond donors (Lipinski definition) is 0. The van der Waals surface area contributed by atoms with E-state index < -0.39 is 0 Å². The van der Waals surface area contributed by atoms with Crippen LogP contribution in [0.2, 0.25) is 0 Å². The molecule has 0 N–H and O–H groups in total. The van der Waals surface area contributed by atoms with Crippen molar-refractivity contribution >= 4 is 65.0 Å². The summed E-state index contributed by atoms with van der Waals surface area (Å²) in [7, 11) is 2.08. The highest BCUT2D eigenvalue weighted by atomic mass is 79.9. The van der Waals surface area contributed by atoms with Crippen molar-refractivity contribution in [1.82, 2.24) is 9.80 Å². The van der Waals surface area contributed by atoms with Crippen molar-refractivity contribution in [1.29, 1.82) is 0 Å². The van der Waals surface area contributed by atoms with Crippen molar-refractivity contribution in [2.75, 3.05) is 33.2 Å². The number of thiophene rings is 1. The number of carbonyl (C=O) groups is 1. The smallest absolute Gasteiger partial charge is 0.265 e. The van der Waals surface area contributed by atoms with Crippen molar-refractivity contribution in [3.8, 4) is 0 Å². The molecule has 0 atom stereocenters. The minimum Gasteiger partial charge on any atom is -0.335 e. The highest BCUT2D eigenvalue weighted by molar-refractivity contribution is 9.14. The van der Waals surface area contributed by atoms with E-state index in [0.29, 0.717) is 0 Å². The maximum absolute atomic E-state index is 12.3. The van der Waals surface area contributed by atoms with Crippen molar-refractivity contribution in [2.45, 2.75) is 0 Å². The second kappa shape index (κ2) is 5.69. The number of nitrogens with zero attached hydrogens (tertiary/aromatic N) is 2. The van der Waals surface area contributed by atoms with Crippen LogP contribution in [0.15, 0.2) is 12.7 Å². The van der Waals surface area contributed by atoms with E-state index in [4.69, 9.17) is 0 Å². The summed E-state index contributed by atoms with van der Waals surface area (Å²) < 4.78 is 2.71. The van der Waals surface area contributed by atoms with Crippen LogP contribution in [0.1, 0.15) is 9.67 Å². The van der Waals surface area contributed by atoms with Crippen molar-refractivity contribution in [3.63, 3.8) is 0 Å². The molecule has 2 rings (SSSR count). The second-order valence-corrected chi connectivity index (χ2v) is 7.85. The second-order valence-electron chi connectivity index (χ2n) is 3.93. The van der Waals surface area contributed by atoms with Gasteiger partial charge in [0.15, 0.2) is 0 Å². The molecule has 1 aromatic heterocycles. The molecule has 3 nitrogen and oxygen atoms in total. The first-order valence-corrected chi connectivity index (χ1v) is 8.31. The molecule has 17 heavy (non-hydrogen) atoms. The Morgan fingerprint density at radius 1 is 1.12 bits per heavy atom. The summed E-state index contributed by atoms with van der Waals surface area (Å²) in [5, 5.41) is 0. The van der Waals surface area contributed by atoms with Crippen LogP contribution >= 0.6 is 59.1 Å². The quantitative estimate of drug-likeness (QED) is 0.660. The maximum Gasteiger partial charge on any atom is 0.265 e. The van der Waals surface area contributed by atoms with E-state index in [1.807, 2.05) is 4.90 Å². The van der Waals surface area contributed by atoms with Gasteiger partial charge in [0.1, 0.15) is 4.88 Å². The number of rotatable bonds is 1. The molecule has 0 unspecified atom stereocenters. The predicted molar refractivity (Wildman–Crippen MR) is 80.8 cm³/mol. The number of halogens is 3. The molecule has 1 aliphatic heterocycles. The Kier molecular flexibility index (Phi) is 4.68. The maximum atomic E-state index is 12.3. The molecule has 0 spiro atoms. The normalized spacial score (nSPS) is 17.5. The van der Waals surface area contributed by atoms with Gasteiger partial charge in [-0.2, -0.15) is 0 Å². The molecule has 0 aliphatic carbocycles. The number of hydrogen-bond acceptors (Lipinski definition) is 3. The molecule has 1 aromatic rings. The summed E-state index contributed by atoms with van der Waals surface area (Å²) in [6.07, 6.45) is 0. The van der Waals surface area contributed by atoms with Crippen LogP contribution in [0.3, 0.4) is 0 Å². The fraction of sp³-hybridized carbons (Fsp3) is 0.500. The van der Waals surface area contributed by atoms with Crippen LogP contribution in [0, 0.1) is 0 Å². The van der Waals surface area contributed by atoms with Gasteiger partial charge in [0, 0.05) is 26.2 Å². The fourth-order valence-corrected chi connectivity index (χ4v) is 4.70. The van der Waals surface area contributed by atoms with Gasteiger partial charge in [-0.05, 0) is 54.8 Å². The van der Waals surface area contributed by atoms with E-state index in [0.717, 1.165) is 43.8 Å². The van der Waals surface area contributed by atoms with Crippen LogP contribution in [-0.2, 0) is 0 Å². The molecule has 0 saturated carbocycles. The lowest BCUT2D eigenvalue weighted by atomic mass is 10.3. The summed E-state index contributed by atoms with van der Waals surface area (Å²) in [5.74, 6) is 0.112. The molecular formula is C10H11Br3N2OS. The van der Waals surface area contributed by atoms with Gasteiger partial charge in [0.05, 0.1) is 12.7 Å². The molecule has 2 heterocycles. The van der Waals surface area contributed by atoms with Gasteiger partial charge in [-0.1, -0.05) is 0 Å². The molecular weight excluding hydrogens is 436 g/mol. The number of likely N-dealkylation sites (N-methyl/N-ethyl adjacent to an activating group) is 1. The fourth-order valence-electron chi connectivity index (χ4n) is 1.66. The van der Waals surface area contributed by atoms with E-state index in [-0.39, 0.29) is 5.91 Å². The highest BCUT2D eigenvalue weighted by Gasteiger charge is 2.25. The van der Waals surface area contributed by atoms with Crippen molar-refractivity contribution in [3.05, 3.63) is 17.6 Å². The summed E-state index contributed by atoms with van der Waals surface area (Å²) in [5.41, 5.74) is 0. The number of amides is 1. The molecule has 0 radical (unpaired) electrons. The van der Waals surface area contributed by atoms with Crippen molar-refractivity contribution in [2.24, 2.45) is 0 Å². The first-order chi connectivity index (χ1) is 8.00. The van der Waals surface area contributed by atoms with Gasteiger partial charge in [-0.15, -0.1) is 11.3 Å². The molecule has 0 bridgehead atoms. The van der Waals surface area contributed by atoms with Crippen LogP contribution in [0.4, 0.5) is 0 Å². The Morgan fingerprint density at radius 3 is 2.18 bits per heavy atom. The number of carbonyl (C=O) groups excluding carboxylic acids is 1. The van der Waals surface area contributed by atoms with Gasteiger partial charge < -0.3 is 9.80 Å². The van der Waals surface area contributed by atoms with Crippen LogP contribution in [-0.4, -0.2) is 48.9 Å². The lowest BCUT2D eigenvalue weighted by Gasteiger charge is -2.32. The van der Waals surface area contributed by atoms with Crippen LogP contribution in [0.25, 0.3) is 0 Å². The summed E-state index contributed by atoms with van der Waals surface area (Å²) in [4.78, 5) is 17.2. The van der Waals surface area contributed by atoms with Gasteiger partial charge in [0.2, 0.25) is 0 Å². The van der Waals surface area contributed by atoms with E-state index in [2.05, 4.69) is 59.7 Å². The molecule has 1 aliphatic rings. The molecule has 1 amide bonds. The number of piperazine rings is 1.